The van der Waals surface area contributed by atoms with Crippen LogP contribution in [0.1, 0.15) is 5.56 Å². The molecule has 0 aliphatic rings. The molecule has 0 spiro atoms. The second kappa shape index (κ2) is 8.34. The largest absolute Gasteiger partial charge is 0.302 e. The fourth-order valence-electron chi connectivity index (χ4n) is 3.94. The molecule has 6 nitrogen and oxygen atoms in total. The number of thiazole rings is 1. The minimum Gasteiger partial charge on any atom is -0.267 e. The number of hydrogen-bond acceptors (Lipinski definition) is 6. The predicted molar refractivity (Wildman–Crippen MR) is 135 cm³/mol. The van der Waals surface area contributed by atoms with E-state index in [1.807, 2.05) is 60.7 Å². The molecule has 3 heterocycles. The average Bonchev–Trinajstić information content (AvgIpc) is 3.19. The molecule has 168 valence electrons. The number of nitrogens with zero attached hydrogens (tertiary/aromatic N) is 4. The molecule has 0 bridgehead atoms. The molecule has 0 aliphatic heterocycles. The standard InChI is InChI=1S/C27H15FN4O2S/c28-19-13-7-8-16(14-19)15-20-26(34)32-24-23(25(33)31-27(32)35-20)29-21(17-9-3-1-4-10-17)22(30-24)18-11-5-2-6-12-18/h1-15H/b20-15-. The van der Waals surface area contributed by atoms with Crippen molar-refractivity contribution in [1.82, 2.24) is 19.4 Å². The first kappa shape index (κ1) is 21.0. The van der Waals surface area contributed by atoms with E-state index in [-0.39, 0.29) is 16.1 Å². The first-order valence-corrected chi connectivity index (χ1v) is 11.6. The second-order valence-corrected chi connectivity index (χ2v) is 8.84. The zero-order valence-electron chi connectivity index (χ0n) is 18.1. The quantitative estimate of drug-likeness (QED) is 0.383. The summed E-state index contributed by atoms with van der Waals surface area (Å²) in [6, 6.07) is 24.8. The number of benzene rings is 3. The highest BCUT2D eigenvalue weighted by atomic mass is 32.1. The minimum absolute atomic E-state index is 0.00763. The van der Waals surface area contributed by atoms with Gasteiger partial charge in [0.25, 0.3) is 5.56 Å². The molecule has 0 atom stereocenters. The first-order valence-electron chi connectivity index (χ1n) is 10.7. The van der Waals surface area contributed by atoms with Crippen LogP contribution in [0.3, 0.4) is 0 Å². The van der Waals surface area contributed by atoms with Crippen LogP contribution >= 0.6 is 11.3 Å². The van der Waals surface area contributed by atoms with Crippen molar-refractivity contribution in [2.45, 2.75) is 0 Å². The third kappa shape index (κ3) is 3.70. The van der Waals surface area contributed by atoms with Crippen molar-refractivity contribution in [2.75, 3.05) is 0 Å². The van der Waals surface area contributed by atoms with E-state index in [9.17, 15) is 14.0 Å². The van der Waals surface area contributed by atoms with Gasteiger partial charge >= 0.3 is 5.56 Å². The Labute approximate surface area is 201 Å². The molecule has 6 rings (SSSR count). The summed E-state index contributed by atoms with van der Waals surface area (Å²) in [5.74, 6) is -0.405. The summed E-state index contributed by atoms with van der Waals surface area (Å²) in [6.07, 6.45) is 1.57. The third-order valence-electron chi connectivity index (χ3n) is 5.54. The van der Waals surface area contributed by atoms with Gasteiger partial charge in [0, 0.05) is 11.1 Å². The van der Waals surface area contributed by atoms with Gasteiger partial charge in [0.1, 0.15) is 5.82 Å². The van der Waals surface area contributed by atoms with E-state index in [4.69, 9.17) is 4.98 Å². The Morgan fingerprint density at radius 2 is 1.43 bits per heavy atom. The molecular formula is C27H15FN4O2S. The molecule has 3 aromatic carbocycles. The lowest BCUT2D eigenvalue weighted by molar-refractivity contribution is 0.627. The maximum atomic E-state index is 13.6. The van der Waals surface area contributed by atoms with Crippen molar-refractivity contribution >= 4 is 33.5 Å². The molecule has 0 radical (unpaired) electrons. The van der Waals surface area contributed by atoms with E-state index >= 15 is 0 Å². The van der Waals surface area contributed by atoms with Crippen molar-refractivity contribution in [3.63, 3.8) is 0 Å². The normalized spacial score (nSPS) is 12.0. The summed E-state index contributed by atoms with van der Waals surface area (Å²) in [7, 11) is 0. The molecule has 0 N–H and O–H groups in total. The smallest absolute Gasteiger partial charge is 0.267 e. The van der Waals surface area contributed by atoms with E-state index in [1.54, 1.807) is 18.2 Å². The van der Waals surface area contributed by atoms with Gasteiger partial charge in [-0.2, -0.15) is 4.98 Å². The van der Waals surface area contributed by atoms with Crippen molar-refractivity contribution in [3.05, 3.63) is 122 Å². The van der Waals surface area contributed by atoms with E-state index < -0.39 is 16.9 Å². The van der Waals surface area contributed by atoms with Gasteiger partial charge in [0.05, 0.1) is 15.9 Å². The third-order valence-corrected chi connectivity index (χ3v) is 6.51. The van der Waals surface area contributed by atoms with Gasteiger partial charge in [-0.15, -0.1) is 0 Å². The van der Waals surface area contributed by atoms with Crippen LogP contribution in [0.5, 0.6) is 0 Å². The Bertz CT molecular complexity index is 1900. The van der Waals surface area contributed by atoms with Crippen LogP contribution in [0.4, 0.5) is 4.39 Å². The van der Waals surface area contributed by atoms with Crippen molar-refractivity contribution < 1.29 is 4.39 Å². The van der Waals surface area contributed by atoms with Gasteiger partial charge in [-0.05, 0) is 23.8 Å². The van der Waals surface area contributed by atoms with E-state index in [2.05, 4.69) is 9.97 Å². The first-order chi connectivity index (χ1) is 17.1. The Hall–Kier alpha value is -4.56. The van der Waals surface area contributed by atoms with Gasteiger partial charge in [-0.25, -0.2) is 18.8 Å². The summed E-state index contributed by atoms with van der Waals surface area (Å²) in [5, 5.41) is 0. The van der Waals surface area contributed by atoms with Crippen LogP contribution in [-0.2, 0) is 0 Å². The molecule has 35 heavy (non-hydrogen) atoms. The van der Waals surface area contributed by atoms with Crippen LogP contribution < -0.4 is 15.7 Å². The van der Waals surface area contributed by atoms with Crippen molar-refractivity contribution in [2.24, 2.45) is 0 Å². The van der Waals surface area contributed by atoms with E-state index in [0.29, 0.717) is 21.5 Å². The Kier molecular flexibility index (Phi) is 5.00. The number of hydrogen-bond donors (Lipinski definition) is 0. The monoisotopic (exact) mass is 478 g/mol. The summed E-state index contributed by atoms with van der Waals surface area (Å²) in [4.78, 5) is 40.1. The fraction of sp³-hybridized carbons (Fsp3) is 0. The Balaban J connectivity index is 1.71. The van der Waals surface area contributed by atoms with Crippen LogP contribution in [-0.4, -0.2) is 19.4 Å². The Morgan fingerprint density at radius 1 is 0.771 bits per heavy atom. The summed E-state index contributed by atoms with van der Waals surface area (Å²) in [5.41, 5.74) is 2.37. The van der Waals surface area contributed by atoms with Crippen LogP contribution in [0.25, 0.3) is 44.7 Å². The lowest BCUT2D eigenvalue weighted by Crippen LogP contribution is -2.25. The van der Waals surface area contributed by atoms with Gasteiger partial charge < -0.3 is 0 Å². The number of aromatic nitrogens is 4. The SMILES string of the molecule is O=c1nc2s/c(=C\c3cccc(F)c3)c(=O)n2c2nc(-c3ccccc3)c(-c3ccccc3)nc12. The second-order valence-electron chi connectivity index (χ2n) is 7.83. The van der Waals surface area contributed by atoms with Gasteiger partial charge in [0.2, 0.25) is 4.96 Å². The molecule has 6 aromatic rings. The maximum absolute atomic E-state index is 13.6. The van der Waals surface area contributed by atoms with Crippen LogP contribution in [0, 0.1) is 5.82 Å². The maximum Gasteiger partial charge on any atom is 0.302 e. The highest BCUT2D eigenvalue weighted by Gasteiger charge is 2.19. The summed E-state index contributed by atoms with van der Waals surface area (Å²) >= 11 is 1.05. The molecule has 3 aromatic heterocycles. The number of rotatable bonds is 3. The van der Waals surface area contributed by atoms with Gasteiger partial charge in [0.15, 0.2) is 11.2 Å². The summed E-state index contributed by atoms with van der Waals surface area (Å²) < 4.78 is 15.3. The van der Waals surface area contributed by atoms with Gasteiger partial charge in [-0.3, -0.25) is 9.59 Å². The highest BCUT2D eigenvalue weighted by Crippen LogP contribution is 2.30. The van der Waals surface area contributed by atoms with Crippen molar-refractivity contribution in [1.29, 1.82) is 0 Å². The van der Waals surface area contributed by atoms with Crippen LogP contribution in [0.15, 0.2) is 94.5 Å². The minimum atomic E-state index is -0.567. The zero-order chi connectivity index (χ0) is 23.9. The zero-order valence-corrected chi connectivity index (χ0v) is 18.9. The molecule has 0 saturated heterocycles. The lowest BCUT2D eigenvalue weighted by atomic mass is 10.0. The fourth-order valence-corrected chi connectivity index (χ4v) is 4.90. The molecule has 0 aliphatic carbocycles. The van der Waals surface area contributed by atoms with E-state index in [0.717, 1.165) is 22.5 Å². The lowest BCUT2D eigenvalue weighted by Gasteiger charge is -2.10. The molecule has 0 amide bonds. The summed E-state index contributed by atoms with van der Waals surface area (Å²) in [6.45, 7) is 0. The van der Waals surface area contributed by atoms with Crippen LogP contribution in [0.2, 0.25) is 0 Å². The molecule has 0 saturated carbocycles. The highest BCUT2D eigenvalue weighted by molar-refractivity contribution is 7.15. The average molecular weight is 479 g/mol. The Morgan fingerprint density at radius 3 is 2.09 bits per heavy atom. The van der Waals surface area contributed by atoms with Crippen molar-refractivity contribution in [3.8, 4) is 22.5 Å². The predicted octanol–water partition coefficient (Wildman–Crippen LogP) is 4.08. The molecule has 0 fully saturated rings. The molecular weight excluding hydrogens is 463 g/mol. The van der Waals surface area contributed by atoms with Gasteiger partial charge in [-0.1, -0.05) is 84.1 Å². The number of fused-ring (bicyclic) bond motifs is 3. The molecule has 8 heteroatoms. The van der Waals surface area contributed by atoms with E-state index in [1.165, 1.54) is 16.5 Å². The topological polar surface area (TPSA) is 77.2 Å². The number of halogens is 1. The molecule has 0 unspecified atom stereocenters.